The van der Waals surface area contributed by atoms with Gasteiger partial charge >= 0.3 is 5.92 Å². The van der Waals surface area contributed by atoms with Gasteiger partial charge in [0.05, 0.1) is 10.7 Å². The Bertz CT molecular complexity index is 466. The van der Waals surface area contributed by atoms with Gasteiger partial charge in [-0.1, -0.05) is 26.0 Å². The lowest BCUT2D eigenvalue weighted by Crippen LogP contribution is -2.30. The third-order valence-corrected chi connectivity index (χ3v) is 2.40. The van der Waals surface area contributed by atoms with Crippen LogP contribution in [0.3, 0.4) is 0 Å². The molecule has 0 bridgehead atoms. The number of halogens is 2. The fraction of sp³-hybridized carbons (Fsp3) is 0.583. The number of fused-ring (bicyclic) bond motifs is 1. The molecule has 1 aromatic rings. The monoisotopic (exact) mass is 228 g/mol. The molecule has 0 atom stereocenters. The Morgan fingerprint density at radius 1 is 1.25 bits per heavy atom. The molecule has 16 heavy (non-hydrogen) atoms. The molecule has 0 unspecified atom stereocenters. The lowest BCUT2D eigenvalue weighted by molar-refractivity contribution is 0.00477. The fourth-order valence-corrected chi connectivity index (χ4v) is 1.76. The molecule has 4 heteroatoms. The van der Waals surface area contributed by atoms with Crippen molar-refractivity contribution in [1.29, 1.82) is 0 Å². The van der Waals surface area contributed by atoms with Crippen molar-refractivity contribution in [2.75, 3.05) is 0 Å². The Kier molecular flexibility index (Phi) is 3.83. The molecule has 0 fully saturated rings. The second kappa shape index (κ2) is 4.76. The van der Waals surface area contributed by atoms with Gasteiger partial charge in [0.2, 0.25) is 0 Å². The molecular weight excluding hydrogens is 210 g/mol. The minimum absolute atomic E-state index is 0.156. The van der Waals surface area contributed by atoms with Crippen LogP contribution in [0.5, 0.6) is 0 Å². The van der Waals surface area contributed by atoms with E-state index in [-0.39, 0.29) is 5.82 Å². The highest BCUT2D eigenvalue weighted by Crippen LogP contribution is 2.22. The first-order valence-electron chi connectivity index (χ1n) is 5.61. The van der Waals surface area contributed by atoms with Crippen molar-refractivity contribution >= 4 is 12.2 Å². The van der Waals surface area contributed by atoms with E-state index in [0.29, 0.717) is 5.35 Å². The summed E-state index contributed by atoms with van der Waals surface area (Å²) in [7, 11) is 1.63. The molecule has 1 aromatic heterocycles. The summed E-state index contributed by atoms with van der Waals surface area (Å²) in [6.45, 7) is 4.88. The van der Waals surface area contributed by atoms with E-state index in [0.717, 1.165) is 25.1 Å². The molecule has 90 valence electrons. The van der Waals surface area contributed by atoms with Crippen LogP contribution in [0.15, 0.2) is 0 Å². The SMILES string of the molecule is CC.Cn1c(C(C)(F)F)nc2c1=CCCC=2. The van der Waals surface area contributed by atoms with Crippen LogP contribution in [0.4, 0.5) is 8.78 Å². The molecular formula is C12H18F2N2. The van der Waals surface area contributed by atoms with Gasteiger partial charge < -0.3 is 4.57 Å². The van der Waals surface area contributed by atoms with Gasteiger partial charge in [-0.25, -0.2) is 4.98 Å². The van der Waals surface area contributed by atoms with Gasteiger partial charge in [-0.3, -0.25) is 0 Å². The highest BCUT2D eigenvalue weighted by atomic mass is 19.3. The Morgan fingerprint density at radius 3 is 2.31 bits per heavy atom. The van der Waals surface area contributed by atoms with E-state index >= 15 is 0 Å². The smallest absolute Gasteiger partial charge is 0.302 e. The third kappa shape index (κ3) is 2.31. The Labute approximate surface area is 94.3 Å². The van der Waals surface area contributed by atoms with Gasteiger partial charge in [-0.2, -0.15) is 8.78 Å². The zero-order valence-corrected chi connectivity index (χ0v) is 10.2. The average molecular weight is 228 g/mol. The Morgan fingerprint density at radius 2 is 1.81 bits per heavy atom. The summed E-state index contributed by atoms with van der Waals surface area (Å²) in [5.41, 5.74) is 0. The summed E-state index contributed by atoms with van der Waals surface area (Å²) in [5, 5.41) is 1.50. The molecule has 0 aliphatic heterocycles. The average Bonchev–Trinajstić information content (AvgIpc) is 2.60. The summed E-state index contributed by atoms with van der Waals surface area (Å²) in [6.07, 6.45) is 5.65. The second-order valence-corrected chi connectivity index (χ2v) is 3.64. The van der Waals surface area contributed by atoms with Crippen LogP contribution in [-0.4, -0.2) is 9.55 Å². The molecule has 1 heterocycles. The van der Waals surface area contributed by atoms with Crippen LogP contribution in [0.25, 0.3) is 12.2 Å². The predicted octanol–water partition coefficient (Wildman–Crippen LogP) is 1.91. The van der Waals surface area contributed by atoms with E-state index in [1.54, 1.807) is 7.05 Å². The first kappa shape index (κ1) is 12.9. The summed E-state index contributed by atoms with van der Waals surface area (Å²) >= 11 is 0. The van der Waals surface area contributed by atoms with E-state index in [4.69, 9.17) is 0 Å². The molecule has 2 rings (SSSR count). The quantitative estimate of drug-likeness (QED) is 0.718. The number of rotatable bonds is 1. The number of imidazole rings is 1. The molecule has 0 spiro atoms. The fourth-order valence-electron chi connectivity index (χ4n) is 1.76. The maximum Gasteiger partial charge on any atom is 0.302 e. The molecule has 1 aliphatic rings. The molecule has 0 N–H and O–H groups in total. The molecule has 0 amide bonds. The first-order valence-corrected chi connectivity index (χ1v) is 5.61. The van der Waals surface area contributed by atoms with Crippen molar-refractivity contribution in [3.63, 3.8) is 0 Å². The van der Waals surface area contributed by atoms with Crippen molar-refractivity contribution in [2.24, 2.45) is 7.05 Å². The Balaban J connectivity index is 0.000000606. The number of hydrogen-bond donors (Lipinski definition) is 0. The molecule has 0 radical (unpaired) electrons. The first-order chi connectivity index (χ1) is 7.50. The van der Waals surface area contributed by atoms with Crippen molar-refractivity contribution in [3.8, 4) is 0 Å². The number of alkyl halides is 2. The van der Waals surface area contributed by atoms with Crippen LogP contribution < -0.4 is 10.7 Å². The lowest BCUT2D eigenvalue weighted by atomic mass is 10.2. The zero-order chi connectivity index (χ0) is 12.3. The van der Waals surface area contributed by atoms with Crippen LogP contribution >= 0.6 is 0 Å². The Hall–Kier alpha value is -1.19. The van der Waals surface area contributed by atoms with Crippen LogP contribution in [0.1, 0.15) is 39.4 Å². The van der Waals surface area contributed by atoms with Gasteiger partial charge in [0.25, 0.3) is 0 Å². The van der Waals surface area contributed by atoms with E-state index in [9.17, 15) is 8.78 Å². The van der Waals surface area contributed by atoms with Gasteiger partial charge in [0.1, 0.15) is 0 Å². The lowest BCUT2D eigenvalue weighted by Gasteiger charge is -2.09. The van der Waals surface area contributed by atoms with Crippen molar-refractivity contribution < 1.29 is 8.78 Å². The number of aromatic nitrogens is 2. The maximum absolute atomic E-state index is 13.1. The second-order valence-electron chi connectivity index (χ2n) is 3.64. The van der Waals surface area contributed by atoms with Crippen LogP contribution in [-0.2, 0) is 13.0 Å². The highest BCUT2D eigenvalue weighted by Gasteiger charge is 2.30. The van der Waals surface area contributed by atoms with Crippen molar-refractivity contribution in [3.05, 3.63) is 16.5 Å². The summed E-state index contributed by atoms with van der Waals surface area (Å²) in [6, 6.07) is 0. The van der Waals surface area contributed by atoms with Crippen molar-refractivity contribution in [1.82, 2.24) is 9.55 Å². The van der Waals surface area contributed by atoms with Gasteiger partial charge in [-0.05, 0) is 12.8 Å². The minimum atomic E-state index is -2.87. The van der Waals surface area contributed by atoms with E-state index in [2.05, 4.69) is 4.98 Å². The van der Waals surface area contributed by atoms with E-state index in [1.165, 1.54) is 4.57 Å². The molecule has 0 saturated carbocycles. The minimum Gasteiger partial charge on any atom is -0.326 e. The molecule has 1 aliphatic carbocycles. The normalized spacial score (nSPS) is 14.1. The standard InChI is InChI=1S/C10H12F2N2.C2H6/c1-10(11,12)9-13-7-5-3-4-6-8(7)14(9)2;1-2/h5-6H,3-4H2,1-2H3;1-2H3. The van der Waals surface area contributed by atoms with Crippen molar-refractivity contribution in [2.45, 2.75) is 39.5 Å². The number of nitrogens with zero attached hydrogens (tertiary/aromatic N) is 2. The molecule has 0 aromatic carbocycles. The van der Waals surface area contributed by atoms with Gasteiger partial charge in [-0.15, -0.1) is 0 Å². The largest absolute Gasteiger partial charge is 0.326 e. The zero-order valence-electron chi connectivity index (χ0n) is 10.2. The predicted molar refractivity (Wildman–Crippen MR) is 61.5 cm³/mol. The summed E-state index contributed by atoms with van der Waals surface area (Å²) in [4.78, 5) is 3.95. The molecule has 2 nitrogen and oxygen atoms in total. The van der Waals surface area contributed by atoms with Crippen LogP contribution in [0, 0.1) is 0 Å². The third-order valence-electron chi connectivity index (χ3n) is 2.40. The maximum atomic E-state index is 13.1. The van der Waals surface area contributed by atoms with Gasteiger partial charge in [0, 0.05) is 14.0 Å². The summed E-state index contributed by atoms with van der Waals surface area (Å²) < 4.78 is 27.7. The summed E-state index contributed by atoms with van der Waals surface area (Å²) in [5.74, 6) is -3.02. The van der Waals surface area contributed by atoms with Gasteiger partial charge in [0.15, 0.2) is 5.82 Å². The topological polar surface area (TPSA) is 17.8 Å². The van der Waals surface area contributed by atoms with E-state index < -0.39 is 5.92 Å². The van der Waals surface area contributed by atoms with E-state index in [1.807, 2.05) is 26.0 Å². The highest BCUT2D eigenvalue weighted by molar-refractivity contribution is 5.34. The molecule has 0 saturated heterocycles. The van der Waals surface area contributed by atoms with Crippen LogP contribution in [0.2, 0.25) is 0 Å². The number of hydrogen-bond acceptors (Lipinski definition) is 1.